The summed E-state index contributed by atoms with van der Waals surface area (Å²) < 4.78 is 27.2. The third-order valence-electron chi connectivity index (χ3n) is 2.70. The van der Waals surface area contributed by atoms with Crippen LogP contribution in [-0.4, -0.2) is 26.0 Å². The first-order valence-corrected chi connectivity index (χ1v) is 7.74. The molecule has 2 N–H and O–H groups in total. The van der Waals surface area contributed by atoms with E-state index < -0.39 is 10.0 Å². The lowest BCUT2D eigenvalue weighted by Crippen LogP contribution is -2.34. The van der Waals surface area contributed by atoms with Gasteiger partial charge < -0.3 is 5.32 Å². The summed E-state index contributed by atoms with van der Waals surface area (Å²) in [5, 5.41) is 3.08. The first kappa shape index (κ1) is 14.9. The van der Waals surface area contributed by atoms with Gasteiger partial charge in [-0.15, -0.1) is 0 Å². The van der Waals surface area contributed by atoms with Crippen molar-refractivity contribution in [2.75, 3.05) is 11.9 Å². The Morgan fingerprint density at radius 2 is 1.94 bits per heavy atom. The molecule has 0 amide bonds. The average Bonchev–Trinajstić information content (AvgIpc) is 2.37. The highest BCUT2D eigenvalue weighted by Crippen LogP contribution is 2.18. The molecule has 1 aromatic heterocycles. The molecule has 1 aromatic rings. The van der Waals surface area contributed by atoms with Gasteiger partial charge in [0.25, 0.3) is 10.0 Å². The number of sulfonamides is 1. The van der Waals surface area contributed by atoms with E-state index in [4.69, 9.17) is 0 Å². The van der Waals surface area contributed by atoms with Gasteiger partial charge in [0.1, 0.15) is 0 Å². The van der Waals surface area contributed by atoms with E-state index >= 15 is 0 Å². The lowest BCUT2D eigenvalue weighted by Gasteiger charge is -2.16. The molecular weight excluding hydrogens is 250 g/mol. The summed E-state index contributed by atoms with van der Waals surface area (Å²) in [6, 6.07) is 3.39. The van der Waals surface area contributed by atoms with Crippen molar-refractivity contribution < 1.29 is 8.42 Å². The number of aromatic nitrogens is 1. The van der Waals surface area contributed by atoms with E-state index in [0.717, 1.165) is 12.8 Å². The Morgan fingerprint density at radius 3 is 2.50 bits per heavy atom. The Balaban J connectivity index is 3.04. The number of rotatable bonds is 7. The molecule has 0 aromatic carbocycles. The van der Waals surface area contributed by atoms with Crippen LogP contribution >= 0.6 is 0 Å². The number of nitrogens with zero attached hydrogens (tertiary/aromatic N) is 1. The van der Waals surface area contributed by atoms with Gasteiger partial charge in [0.15, 0.2) is 5.03 Å². The fourth-order valence-electron chi connectivity index (χ4n) is 1.66. The molecule has 102 valence electrons. The van der Waals surface area contributed by atoms with Crippen LogP contribution in [0.5, 0.6) is 0 Å². The Kier molecular flexibility index (Phi) is 5.55. The second-order valence-corrected chi connectivity index (χ2v) is 5.65. The Bertz CT molecular complexity index is 470. The SMILES string of the molecule is CCNc1cccnc1S(=O)(=O)NC(CC)CC. The topological polar surface area (TPSA) is 71.1 Å². The smallest absolute Gasteiger partial charge is 0.260 e. The zero-order chi connectivity index (χ0) is 13.6. The number of hydrogen-bond acceptors (Lipinski definition) is 4. The lowest BCUT2D eigenvalue weighted by molar-refractivity contribution is 0.528. The van der Waals surface area contributed by atoms with Crippen molar-refractivity contribution in [2.24, 2.45) is 0 Å². The summed E-state index contributed by atoms with van der Waals surface area (Å²) in [6.45, 7) is 6.48. The van der Waals surface area contributed by atoms with Crippen molar-refractivity contribution >= 4 is 15.7 Å². The van der Waals surface area contributed by atoms with Crippen molar-refractivity contribution in [1.29, 1.82) is 0 Å². The Labute approximate surface area is 109 Å². The van der Waals surface area contributed by atoms with Gasteiger partial charge >= 0.3 is 0 Å². The fourth-order valence-corrected chi connectivity index (χ4v) is 3.17. The van der Waals surface area contributed by atoms with E-state index in [1.807, 2.05) is 20.8 Å². The van der Waals surface area contributed by atoms with Gasteiger partial charge in [0, 0.05) is 18.8 Å². The number of hydrogen-bond donors (Lipinski definition) is 2. The average molecular weight is 271 g/mol. The molecule has 0 aliphatic heterocycles. The van der Waals surface area contributed by atoms with Crippen molar-refractivity contribution in [3.05, 3.63) is 18.3 Å². The molecule has 0 spiro atoms. The molecule has 0 saturated heterocycles. The van der Waals surface area contributed by atoms with Crippen molar-refractivity contribution in [1.82, 2.24) is 9.71 Å². The van der Waals surface area contributed by atoms with E-state index in [1.165, 1.54) is 6.20 Å². The van der Waals surface area contributed by atoms with Crippen molar-refractivity contribution in [3.8, 4) is 0 Å². The normalized spacial score (nSPS) is 11.8. The minimum absolute atomic E-state index is 0.0496. The minimum Gasteiger partial charge on any atom is -0.383 e. The largest absolute Gasteiger partial charge is 0.383 e. The minimum atomic E-state index is -3.56. The third-order valence-corrected chi connectivity index (χ3v) is 4.18. The van der Waals surface area contributed by atoms with E-state index in [2.05, 4.69) is 15.0 Å². The van der Waals surface area contributed by atoms with Crippen LogP contribution in [0, 0.1) is 0 Å². The summed E-state index contributed by atoms with van der Waals surface area (Å²) in [4.78, 5) is 3.98. The summed E-state index contributed by atoms with van der Waals surface area (Å²) in [6.07, 6.45) is 3.01. The third kappa shape index (κ3) is 3.68. The van der Waals surface area contributed by atoms with Gasteiger partial charge in [-0.05, 0) is 31.9 Å². The summed E-state index contributed by atoms with van der Waals surface area (Å²) >= 11 is 0. The maximum absolute atomic E-state index is 12.2. The molecule has 0 fully saturated rings. The second-order valence-electron chi connectivity index (χ2n) is 4.02. The van der Waals surface area contributed by atoms with Gasteiger partial charge in [-0.3, -0.25) is 0 Å². The van der Waals surface area contributed by atoms with Crippen LogP contribution in [0.25, 0.3) is 0 Å². The predicted molar refractivity (Wildman–Crippen MR) is 73.1 cm³/mol. The Hall–Kier alpha value is -1.14. The highest BCUT2D eigenvalue weighted by molar-refractivity contribution is 7.89. The van der Waals surface area contributed by atoms with Gasteiger partial charge in [-0.1, -0.05) is 13.8 Å². The van der Waals surface area contributed by atoms with Gasteiger partial charge in [0.2, 0.25) is 0 Å². The monoisotopic (exact) mass is 271 g/mol. The molecule has 0 aliphatic rings. The second kappa shape index (κ2) is 6.70. The summed E-state index contributed by atoms with van der Waals surface area (Å²) in [5.74, 6) is 0. The van der Waals surface area contributed by atoms with E-state index in [1.54, 1.807) is 12.1 Å². The lowest BCUT2D eigenvalue weighted by atomic mass is 10.2. The highest BCUT2D eigenvalue weighted by Gasteiger charge is 2.22. The zero-order valence-corrected chi connectivity index (χ0v) is 11.9. The molecule has 0 bridgehead atoms. The van der Waals surface area contributed by atoms with E-state index in [-0.39, 0.29) is 11.1 Å². The number of nitrogens with one attached hydrogen (secondary N) is 2. The molecule has 0 atom stereocenters. The molecule has 0 aliphatic carbocycles. The molecule has 1 heterocycles. The van der Waals surface area contributed by atoms with E-state index in [9.17, 15) is 8.42 Å². The molecule has 6 heteroatoms. The molecule has 0 radical (unpaired) electrons. The van der Waals surface area contributed by atoms with Gasteiger partial charge in [-0.25, -0.2) is 18.1 Å². The predicted octanol–water partition coefficient (Wildman–Crippen LogP) is 1.98. The first-order valence-electron chi connectivity index (χ1n) is 6.26. The van der Waals surface area contributed by atoms with Crippen LogP contribution in [-0.2, 0) is 10.0 Å². The zero-order valence-electron chi connectivity index (χ0n) is 11.1. The van der Waals surface area contributed by atoms with Gasteiger partial charge in [-0.2, -0.15) is 0 Å². The molecule has 1 rings (SSSR count). The molecule has 0 saturated carbocycles. The van der Waals surface area contributed by atoms with Crippen LogP contribution in [0.15, 0.2) is 23.4 Å². The molecule has 0 unspecified atom stereocenters. The fraction of sp³-hybridized carbons (Fsp3) is 0.583. The van der Waals surface area contributed by atoms with Crippen molar-refractivity contribution in [3.63, 3.8) is 0 Å². The maximum atomic E-state index is 12.2. The standard InChI is InChI=1S/C12H21N3O2S/c1-4-10(5-2)15-18(16,17)12-11(13-6-3)8-7-9-14-12/h7-10,13,15H,4-6H2,1-3H3. The van der Waals surface area contributed by atoms with Crippen LogP contribution in [0.1, 0.15) is 33.6 Å². The molecular formula is C12H21N3O2S. The van der Waals surface area contributed by atoms with Crippen LogP contribution in [0.2, 0.25) is 0 Å². The van der Waals surface area contributed by atoms with Crippen LogP contribution in [0.4, 0.5) is 5.69 Å². The van der Waals surface area contributed by atoms with Crippen LogP contribution < -0.4 is 10.0 Å². The quantitative estimate of drug-likeness (QED) is 0.795. The van der Waals surface area contributed by atoms with Crippen molar-refractivity contribution in [2.45, 2.75) is 44.7 Å². The first-order chi connectivity index (χ1) is 8.55. The maximum Gasteiger partial charge on any atom is 0.260 e. The number of pyridine rings is 1. The molecule has 5 nitrogen and oxygen atoms in total. The van der Waals surface area contributed by atoms with Gasteiger partial charge in [0.05, 0.1) is 5.69 Å². The summed E-state index contributed by atoms with van der Waals surface area (Å²) in [5.41, 5.74) is 0.540. The van der Waals surface area contributed by atoms with Crippen LogP contribution in [0.3, 0.4) is 0 Å². The molecule has 18 heavy (non-hydrogen) atoms. The Morgan fingerprint density at radius 1 is 1.28 bits per heavy atom. The van der Waals surface area contributed by atoms with E-state index in [0.29, 0.717) is 12.2 Å². The summed E-state index contributed by atoms with van der Waals surface area (Å²) in [7, 11) is -3.56. The highest BCUT2D eigenvalue weighted by atomic mass is 32.2. The number of anilines is 1.